The first-order valence-corrected chi connectivity index (χ1v) is 6.68. The molecule has 100 valence electrons. The maximum absolute atomic E-state index is 10.5. The number of aromatic nitrogens is 4. The molecule has 0 aliphatic carbocycles. The predicted octanol–water partition coefficient (Wildman–Crippen LogP) is 2.62. The highest BCUT2D eigenvalue weighted by molar-refractivity contribution is 9.10. The molecule has 0 bridgehead atoms. The van der Waals surface area contributed by atoms with Crippen LogP contribution >= 0.6 is 27.5 Å². The van der Waals surface area contributed by atoms with E-state index in [2.05, 4.69) is 31.5 Å². The molecule has 0 spiro atoms. The molecule has 0 saturated carbocycles. The SMILES string of the molecule is O=C(O)CCCn1nnnc1-c1ccc(Br)c(Cl)c1. The van der Waals surface area contributed by atoms with Gasteiger partial charge in [0.2, 0.25) is 0 Å². The summed E-state index contributed by atoms with van der Waals surface area (Å²) in [7, 11) is 0. The maximum atomic E-state index is 10.5. The van der Waals surface area contributed by atoms with Crippen molar-refractivity contribution in [3.63, 3.8) is 0 Å². The molecule has 0 amide bonds. The largest absolute Gasteiger partial charge is 0.481 e. The minimum Gasteiger partial charge on any atom is -0.481 e. The maximum Gasteiger partial charge on any atom is 0.303 e. The van der Waals surface area contributed by atoms with Gasteiger partial charge in [0.25, 0.3) is 0 Å². The number of benzene rings is 1. The van der Waals surface area contributed by atoms with E-state index in [9.17, 15) is 4.79 Å². The summed E-state index contributed by atoms with van der Waals surface area (Å²) in [4.78, 5) is 10.5. The molecule has 1 aromatic heterocycles. The van der Waals surface area contributed by atoms with Gasteiger partial charge >= 0.3 is 5.97 Å². The number of tetrazole rings is 1. The number of carbonyl (C=O) groups is 1. The summed E-state index contributed by atoms with van der Waals surface area (Å²) in [6.45, 7) is 0.447. The Morgan fingerprint density at radius 1 is 1.47 bits per heavy atom. The number of aliphatic carboxylic acids is 1. The molecule has 0 atom stereocenters. The van der Waals surface area contributed by atoms with Crippen molar-refractivity contribution < 1.29 is 9.90 Å². The van der Waals surface area contributed by atoms with Crippen LogP contribution in [0.3, 0.4) is 0 Å². The summed E-state index contributed by atoms with van der Waals surface area (Å²) in [5.41, 5.74) is 0.786. The van der Waals surface area contributed by atoms with Gasteiger partial charge in [-0.05, 0) is 51.0 Å². The van der Waals surface area contributed by atoms with Gasteiger partial charge in [0.1, 0.15) is 0 Å². The lowest BCUT2D eigenvalue weighted by molar-refractivity contribution is -0.137. The van der Waals surface area contributed by atoms with Crippen molar-refractivity contribution in [3.05, 3.63) is 27.7 Å². The third-order valence-electron chi connectivity index (χ3n) is 2.47. The molecule has 1 N–H and O–H groups in total. The van der Waals surface area contributed by atoms with Gasteiger partial charge in [-0.2, -0.15) is 0 Å². The zero-order chi connectivity index (χ0) is 13.8. The van der Waals surface area contributed by atoms with E-state index in [-0.39, 0.29) is 6.42 Å². The molecule has 0 fully saturated rings. The fraction of sp³-hybridized carbons (Fsp3) is 0.273. The van der Waals surface area contributed by atoms with Gasteiger partial charge in [-0.25, -0.2) is 4.68 Å². The van der Waals surface area contributed by atoms with E-state index in [0.717, 1.165) is 10.0 Å². The normalized spacial score (nSPS) is 10.6. The summed E-state index contributed by atoms with van der Waals surface area (Å²) in [6.07, 6.45) is 0.554. The van der Waals surface area contributed by atoms with E-state index in [1.165, 1.54) is 0 Å². The van der Waals surface area contributed by atoms with Gasteiger partial charge in [-0.15, -0.1) is 5.10 Å². The third kappa shape index (κ3) is 3.51. The molecular weight excluding hydrogens is 336 g/mol. The van der Waals surface area contributed by atoms with Gasteiger partial charge in [-0.3, -0.25) is 4.79 Å². The van der Waals surface area contributed by atoms with Crippen LogP contribution in [-0.2, 0) is 11.3 Å². The highest BCUT2D eigenvalue weighted by Gasteiger charge is 2.10. The van der Waals surface area contributed by atoms with Crippen LogP contribution in [0.2, 0.25) is 5.02 Å². The second-order valence-corrected chi connectivity index (χ2v) is 5.11. The highest BCUT2D eigenvalue weighted by Crippen LogP contribution is 2.27. The summed E-state index contributed by atoms with van der Waals surface area (Å²) in [5.74, 6) is -0.263. The number of rotatable bonds is 5. The Labute approximate surface area is 122 Å². The summed E-state index contributed by atoms with van der Waals surface area (Å²) >= 11 is 9.34. The predicted molar refractivity (Wildman–Crippen MR) is 72.8 cm³/mol. The average Bonchev–Trinajstić information content (AvgIpc) is 2.80. The van der Waals surface area contributed by atoms with E-state index in [0.29, 0.717) is 23.8 Å². The number of hydrogen-bond acceptors (Lipinski definition) is 4. The number of carboxylic acids is 1. The van der Waals surface area contributed by atoms with Crippen LogP contribution in [0.1, 0.15) is 12.8 Å². The molecule has 0 aliphatic heterocycles. The second kappa shape index (κ2) is 6.12. The molecule has 1 aromatic carbocycles. The first-order valence-electron chi connectivity index (χ1n) is 5.51. The van der Waals surface area contributed by atoms with Gasteiger partial charge < -0.3 is 5.11 Å². The zero-order valence-electron chi connectivity index (χ0n) is 9.75. The molecule has 0 saturated heterocycles. The average molecular weight is 346 g/mol. The van der Waals surface area contributed by atoms with E-state index in [4.69, 9.17) is 16.7 Å². The van der Waals surface area contributed by atoms with Crippen molar-refractivity contribution >= 4 is 33.5 Å². The minimum absolute atomic E-state index is 0.0837. The number of halogens is 2. The fourth-order valence-corrected chi connectivity index (χ4v) is 2.00. The molecule has 2 aromatic rings. The molecule has 2 rings (SSSR count). The lowest BCUT2D eigenvalue weighted by Gasteiger charge is -2.04. The minimum atomic E-state index is -0.832. The van der Waals surface area contributed by atoms with E-state index >= 15 is 0 Å². The Bertz CT molecular complexity index is 602. The Morgan fingerprint density at radius 3 is 2.95 bits per heavy atom. The molecular formula is C11H10BrClN4O2. The summed E-state index contributed by atoms with van der Waals surface area (Å²) in [5, 5.41) is 20.6. The lowest BCUT2D eigenvalue weighted by atomic mass is 10.2. The van der Waals surface area contributed by atoms with Gasteiger partial charge in [-0.1, -0.05) is 11.6 Å². The van der Waals surface area contributed by atoms with Crippen molar-refractivity contribution in [1.82, 2.24) is 20.2 Å². The summed E-state index contributed by atoms with van der Waals surface area (Å²) in [6, 6.07) is 5.41. The van der Waals surface area contributed by atoms with Crippen molar-refractivity contribution in [2.24, 2.45) is 0 Å². The molecule has 0 unspecified atom stereocenters. The van der Waals surface area contributed by atoms with Gasteiger partial charge in [0, 0.05) is 23.0 Å². The number of carboxylic acid groups (broad SMARTS) is 1. The van der Waals surface area contributed by atoms with Crippen LogP contribution in [0.4, 0.5) is 0 Å². The molecule has 0 aliphatic rings. The van der Waals surface area contributed by atoms with Crippen LogP contribution in [0.5, 0.6) is 0 Å². The van der Waals surface area contributed by atoms with Gasteiger partial charge in [0.05, 0.1) is 5.02 Å². The van der Waals surface area contributed by atoms with E-state index < -0.39 is 5.97 Å². The Morgan fingerprint density at radius 2 is 2.26 bits per heavy atom. The van der Waals surface area contributed by atoms with Crippen molar-refractivity contribution in [2.75, 3.05) is 0 Å². The van der Waals surface area contributed by atoms with Crippen LogP contribution in [0.25, 0.3) is 11.4 Å². The molecule has 0 radical (unpaired) electrons. The van der Waals surface area contributed by atoms with Gasteiger partial charge in [0.15, 0.2) is 5.82 Å². The van der Waals surface area contributed by atoms with E-state index in [1.54, 1.807) is 10.7 Å². The van der Waals surface area contributed by atoms with Crippen molar-refractivity contribution in [1.29, 1.82) is 0 Å². The standard InChI is InChI=1S/C11H10BrClN4O2/c12-8-4-3-7(6-9(8)13)11-14-15-16-17(11)5-1-2-10(18)19/h3-4,6H,1-2,5H2,(H,18,19). The van der Waals surface area contributed by atoms with E-state index in [1.807, 2.05) is 12.1 Å². The fourth-order valence-electron chi connectivity index (χ4n) is 1.58. The number of nitrogens with zero attached hydrogens (tertiary/aromatic N) is 4. The van der Waals surface area contributed by atoms with Crippen molar-refractivity contribution in [2.45, 2.75) is 19.4 Å². The highest BCUT2D eigenvalue weighted by atomic mass is 79.9. The second-order valence-electron chi connectivity index (χ2n) is 3.85. The number of hydrogen-bond donors (Lipinski definition) is 1. The lowest BCUT2D eigenvalue weighted by Crippen LogP contribution is -2.05. The monoisotopic (exact) mass is 344 g/mol. The topological polar surface area (TPSA) is 80.9 Å². The zero-order valence-corrected chi connectivity index (χ0v) is 12.1. The van der Waals surface area contributed by atoms with Crippen LogP contribution in [0, 0.1) is 0 Å². The summed E-state index contributed by atoms with van der Waals surface area (Å²) < 4.78 is 2.37. The van der Waals surface area contributed by atoms with Crippen LogP contribution in [0.15, 0.2) is 22.7 Å². The number of aryl methyl sites for hydroxylation is 1. The van der Waals surface area contributed by atoms with Crippen molar-refractivity contribution in [3.8, 4) is 11.4 Å². The first-order chi connectivity index (χ1) is 9.08. The quantitative estimate of drug-likeness (QED) is 0.901. The third-order valence-corrected chi connectivity index (χ3v) is 3.70. The molecule has 8 heteroatoms. The molecule has 19 heavy (non-hydrogen) atoms. The first kappa shape index (κ1) is 14.0. The van der Waals surface area contributed by atoms with Crippen LogP contribution < -0.4 is 0 Å². The molecule has 6 nitrogen and oxygen atoms in total. The Hall–Kier alpha value is -1.47. The van der Waals surface area contributed by atoms with Crippen LogP contribution in [-0.4, -0.2) is 31.3 Å². The Kier molecular flexibility index (Phi) is 4.49. The molecule has 1 heterocycles. The smallest absolute Gasteiger partial charge is 0.303 e. The Balaban J connectivity index is 2.18.